The summed E-state index contributed by atoms with van der Waals surface area (Å²) in [5.74, 6) is -0.150. The third kappa shape index (κ3) is 4.59. The van der Waals surface area contributed by atoms with Crippen LogP contribution in [0, 0.1) is 0 Å². The van der Waals surface area contributed by atoms with Gasteiger partial charge in [-0.05, 0) is 64.4 Å². The molecular weight excluding hydrogens is 414 g/mol. The summed E-state index contributed by atoms with van der Waals surface area (Å²) in [4.78, 5) is 35.6. The Morgan fingerprint density at radius 3 is 2.66 bits per heavy atom. The van der Waals surface area contributed by atoms with E-state index in [9.17, 15) is 14.4 Å². The van der Waals surface area contributed by atoms with E-state index in [1.54, 1.807) is 0 Å². The molecule has 0 bridgehead atoms. The smallest absolute Gasteiger partial charge is 0.339 e. The van der Waals surface area contributed by atoms with Gasteiger partial charge in [0.25, 0.3) is 5.91 Å². The second-order valence-corrected chi connectivity index (χ2v) is 9.11. The Balaban J connectivity index is 1.67. The zero-order valence-corrected chi connectivity index (χ0v) is 18.5. The van der Waals surface area contributed by atoms with Crippen LogP contribution < -0.4 is 20.4 Å². The highest BCUT2D eigenvalue weighted by Crippen LogP contribution is 2.44. The third-order valence-electron chi connectivity index (χ3n) is 6.13. The van der Waals surface area contributed by atoms with Crippen molar-refractivity contribution < 1.29 is 28.6 Å². The Hall–Kier alpha value is -3.03. The molecule has 0 fully saturated rings. The molecule has 1 aliphatic heterocycles. The molecule has 0 unspecified atom stereocenters. The zero-order valence-electron chi connectivity index (χ0n) is 18.5. The lowest BCUT2D eigenvalue weighted by molar-refractivity contribution is -0.137. The van der Waals surface area contributed by atoms with E-state index in [0.717, 1.165) is 48.6 Å². The second kappa shape index (κ2) is 8.84. The Kier molecular flexibility index (Phi) is 6.13. The van der Waals surface area contributed by atoms with Gasteiger partial charge in [-0.2, -0.15) is 0 Å². The molecule has 0 atom stereocenters. The molecule has 172 valence electrons. The summed E-state index contributed by atoms with van der Waals surface area (Å²) < 4.78 is 17.9. The molecule has 4 rings (SSSR count). The second-order valence-electron chi connectivity index (χ2n) is 9.11. The van der Waals surface area contributed by atoms with E-state index in [2.05, 4.69) is 5.32 Å². The first-order valence-electron chi connectivity index (χ1n) is 11.2. The number of benzene rings is 1. The fourth-order valence-corrected chi connectivity index (χ4v) is 4.49. The van der Waals surface area contributed by atoms with Gasteiger partial charge in [0.15, 0.2) is 6.61 Å². The number of rotatable bonds is 7. The summed E-state index contributed by atoms with van der Waals surface area (Å²) in [6.07, 6.45) is 5.24. The minimum absolute atomic E-state index is 0.00507. The van der Waals surface area contributed by atoms with Crippen LogP contribution in [-0.4, -0.2) is 35.7 Å². The number of carbonyl (C=O) groups is 2. The minimum atomic E-state index is -0.898. The van der Waals surface area contributed by atoms with Gasteiger partial charge < -0.3 is 24.3 Å². The standard InChI is InChI=1S/C24H29NO7/c1-24(2)10-9-16-17(32-24)12-18(30-13-19(26)25-11-5-8-20(27)28)21-14-6-3-4-7-15(14)23(29)31-22(16)21/h12H,3-11,13H2,1-2H3,(H,25,26)(H,27,28). The first kappa shape index (κ1) is 22.2. The molecule has 0 saturated carbocycles. The van der Waals surface area contributed by atoms with E-state index < -0.39 is 5.97 Å². The number of carboxylic acids is 1. The molecule has 0 saturated heterocycles. The molecule has 2 heterocycles. The molecule has 1 aromatic heterocycles. The van der Waals surface area contributed by atoms with Crippen LogP contribution in [0.15, 0.2) is 15.3 Å². The van der Waals surface area contributed by atoms with Crippen LogP contribution in [0.4, 0.5) is 0 Å². The van der Waals surface area contributed by atoms with Crippen molar-refractivity contribution in [3.63, 3.8) is 0 Å². The number of hydrogen-bond acceptors (Lipinski definition) is 6. The van der Waals surface area contributed by atoms with Crippen molar-refractivity contribution >= 4 is 22.8 Å². The van der Waals surface area contributed by atoms with E-state index in [1.165, 1.54) is 0 Å². The summed E-state index contributed by atoms with van der Waals surface area (Å²) in [5, 5.41) is 12.1. The average molecular weight is 443 g/mol. The predicted octanol–water partition coefficient (Wildman–Crippen LogP) is 3.14. The number of nitrogens with one attached hydrogen (secondary N) is 1. The molecular formula is C24H29NO7. The maximum atomic E-state index is 12.7. The SMILES string of the molecule is CC1(C)CCc2c(cc(OCC(=O)NCCCC(=O)O)c3c4c(c(=O)oc23)CCCC4)O1. The van der Waals surface area contributed by atoms with Crippen LogP contribution in [-0.2, 0) is 28.9 Å². The molecule has 1 aliphatic carbocycles. The van der Waals surface area contributed by atoms with Crippen LogP contribution in [0.3, 0.4) is 0 Å². The normalized spacial score (nSPS) is 16.6. The first-order chi connectivity index (χ1) is 15.2. The van der Waals surface area contributed by atoms with Crippen molar-refractivity contribution in [2.75, 3.05) is 13.2 Å². The average Bonchev–Trinajstić information content (AvgIpc) is 2.74. The number of fused-ring (bicyclic) bond motifs is 5. The maximum absolute atomic E-state index is 12.7. The number of ether oxygens (including phenoxy) is 2. The summed E-state index contributed by atoms with van der Waals surface area (Å²) in [5.41, 5.74) is 2.37. The van der Waals surface area contributed by atoms with Crippen LogP contribution in [0.1, 0.15) is 62.6 Å². The summed E-state index contributed by atoms with van der Waals surface area (Å²) in [7, 11) is 0. The molecule has 0 radical (unpaired) electrons. The van der Waals surface area contributed by atoms with Crippen molar-refractivity contribution in [2.45, 2.75) is 70.8 Å². The molecule has 32 heavy (non-hydrogen) atoms. The largest absolute Gasteiger partial charge is 0.487 e. The molecule has 2 aliphatic rings. The quantitative estimate of drug-likeness (QED) is 0.499. The van der Waals surface area contributed by atoms with E-state index in [1.807, 2.05) is 19.9 Å². The lowest BCUT2D eigenvalue weighted by atomic mass is 9.87. The topological polar surface area (TPSA) is 115 Å². The molecule has 2 aromatic rings. The molecule has 1 aromatic carbocycles. The molecule has 8 nitrogen and oxygen atoms in total. The number of carbonyl (C=O) groups excluding carboxylic acids is 1. The van der Waals surface area contributed by atoms with Crippen molar-refractivity contribution in [3.8, 4) is 11.5 Å². The number of aliphatic carboxylic acids is 1. The van der Waals surface area contributed by atoms with Crippen LogP contribution in [0.25, 0.3) is 11.0 Å². The van der Waals surface area contributed by atoms with Gasteiger partial charge in [0.2, 0.25) is 0 Å². The fraction of sp³-hybridized carbons (Fsp3) is 0.542. The van der Waals surface area contributed by atoms with E-state index in [-0.39, 0.29) is 36.7 Å². The highest BCUT2D eigenvalue weighted by molar-refractivity contribution is 5.92. The minimum Gasteiger partial charge on any atom is -0.487 e. The number of aryl methyl sites for hydroxylation is 2. The summed E-state index contributed by atoms with van der Waals surface area (Å²) in [6, 6.07) is 1.81. The summed E-state index contributed by atoms with van der Waals surface area (Å²) >= 11 is 0. The van der Waals surface area contributed by atoms with Gasteiger partial charge in [-0.1, -0.05) is 0 Å². The molecule has 1 amide bonds. The predicted molar refractivity (Wildman–Crippen MR) is 118 cm³/mol. The van der Waals surface area contributed by atoms with E-state index in [0.29, 0.717) is 35.5 Å². The van der Waals surface area contributed by atoms with E-state index >= 15 is 0 Å². The van der Waals surface area contributed by atoms with Crippen LogP contribution >= 0.6 is 0 Å². The van der Waals surface area contributed by atoms with Crippen LogP contribution in [0.5, 0.6) is 11.5 Å². The maximum Gasteiger partial charge on any atom is 0.339 e. The zero-order chi connectivity index (χ0) is 22.9. The Morgan fingerprint density at radius 2 is 1.91 bits per heavy atom. The fourth-order valence-electron chi connectivity index (χ4n) is 4.49. The van der Waals surface area contributed by atoms with E-state index in [4.69, 9.17) is 19.0 Å². The van der Waals surface area contributed by atoms with Crippen molar-refractivity contribution in [3.05, 3.63) is 33.2 Å². The van der Waals surface area contributed by atoms with Crippen LogP contribution in [0.2, 0.25) is 0 Å². The van der Waals surface area contributed by atoms with Gasteiger partial charge in [-0.15, -0.1) is 0 Å². The lowest BCUT2D eigenvalue weighted by Gasteiger charge is -2.33. The number of amides is 1. The Labute approximate surface area is 185 Å². The van der Waals surface area contributed by atoms with Crippen molar-refractivity contribution in [1.29, 1.82) is 0 Å². The van der Waals surface area contributed by atoms with Gasteiger partial charge in [-0.25, -0.2) is 4.79 Å². The van der Waals surface area contributed by atoms with Gasteiger partial charge in [0.1, 0.15) is 22.7 Å². The van der Waals surface area contributed by atoms with Gasteiger partial charge in [0, 0.05) is 30.2 Å². The Morgan fingerprint density at radius 1 is 1.16 bits per heavy atom. The highest BCUT2D eigenvalue weighted by Gasteiger charge is 2.32. The highest BCUT2D eigenvalue weighted by atomic mass is 16.5. The molecule has 0 spiro atoms. The van der Waals surface area contributed by atoms with Crippen molar-refractivity contribution in [1.82, 2.24) is 5.32 Å². The number of hydrogen-bond donors (Lipinski definition) is 2. The summed E-state index contributed by atoms with van der Waals surface area (Å²) in [6.45, 7) is 4.06. The molecule has 8 heteroatoms. The lowest BCUT2D eigenvalue weighted by Crippen LogP contribution is -2.33. The van der Waals surface area contributed by atoms with Gasteiger partial charge >= 0.3 is 11.6 Å². The monoisotopic (exact) mass is 443 g/mol. The molecule has 2 N–H and O–H groups in total. The van der Waals surface area contributed by atoms with Gasteiger partial charge in [-0.3, -0.25) is 9.59 Å². The Bertz CT molecular complexity index is 1120. The number of carboxylic acid groups (broad SMARTS) is 1. The van der Waals surface area contributed by atoms with Gasteiger partial charge in [0.05, 0.1) is 5.39 Å². The third-order valence-corrected chi connectivity index (χ3v) is 6.13. The van der Waals surface area contributed by atoms with Crippen molar-refractivity contribution in [2.24, 2.45) is 0 Å². The first-order valence-corrected chi connectivity index (χ1v) is 11.2.